The summed E-state index contributed by atoms with van der Waals surface area (Å²) in [6, 6.07) is 14.5. The van der Waals surface area contributed by atoms with Gasteiger partial charge in [-0.25, -0.2) is 4.98 Å². The maximum Gasteiger partial charge on any atom is 0.267 e. The van der Waals surface area contributed by atoms with Crippen molar-refractivity contribution in [3.8, 4) is 17.2 Å². The van der Waals surface area contributed by atoms with E-state index in [0.29, 0.717) is 33.4 Å². The number of aromatic nitrogens is 2. The molecule has 4 aromatic rings. The van der Waals surface area contributed by atoms with E-state index in [2.05, 4.69) is 5.32 Å². The van der Waals surface area contributed by atoms with Gasteiger partial charge in [-0.2, -0.15) is 0 Å². The first-order chi connectivity index (χ1) is 16.6. The summed E-state index contributed by atoms with van der Waals surface area (Å²) in [5.41, 5.74) is 2.33. The third-order valence-electron chi connectivity index (χ3n) is 5.71. The summed E-state index contributed by atoms with van der Waals surface area (Å²) in [4.78, 5) is 33.3. The Morgan fingerprint density at radius 2 is 1.88 bits per heavy atom. The highest BCUT2D eigenvalue weighted by Crippen LogP contribution is 2.36. The van der Waals surface area contributed by atoms with E-state index in [4.69, 9.17) is 14.5 Å². The van der Waals surface area contributed by atoms with Crippen LogP contribution >= 0.6 is 23.1 Å². The summed E-state index contributed by atoms with van der Waals surface area (Å²) < 4.78 is 12.2. The number of ether oxygens (including phenoxy) is 2. The number of nitrogens with one attached hydrogen (secondary N) is 1. The van der Waals surface area contributed by atoms with Crippen molar-refractivity contribution >= 4 is 44.9 Å². The van der Waals surface area contributed by atoms with Gasteiger partial charge in [0, 0.05) is 22.7 Å². The summed E-state index contributed by atoms with van der Waals surface area (Å²) >= 11 is 2.83. The Kier molecular flexibility index (Phi) is 6.30. The van der Waals surface area contributed by atoms with E-state index in [-0.39, 0.29) is 17.2 Å². The van der Waals surface area contributed by atoms with Crippen LogP contribution in [0.1, 0.15) is 16.9 Å². The Morgan fingerprint density at radius 1 is 1.12 bits per heavy atom. The fourth-order valence-corrected chi connectivity index (χ4v) is 6.24. The predicted molar refractivity (Wildman–Crippen MR) is 136 cm³/mol. The number of hydrogen-bond acceptors (Lipinski definition) is 7. The molecule has 0 spiro atoms. The van der Waals surface area contributed by atoms with Gasteiger partial charge in [0.05, 0.1) is 31.0 Å². The number of carbonyl (C=O) groups is 1. The summed E-state index contributed by atoms with van der Waals surface area (Å²) in [6.45, 7) is 0. The van der Waals surface area contributed by atoms with Gasteiger partial charge in [-0.1, -0.05) is 23.9 Å². The number of fused-ring (bicyclic) bond motifs is 3. The fraction of sp³-hybridized carbons (Fsp3) is 0.240. The van der Waals surface area contributed by atoms with E-state index in [1.165, 1.54) is 16.6 Å². The molecule has 9 heteroatoms. The summed E-state index contributed by atoms with van der Waals surface area (Å²) in [7, 11) is 3.17. The van der Waals surface area contributed by atoms with Crippen LogP contribution in [0.2, 0.25) is 0 Å². The zero-order valence-corrected chi connectivity index (χ0v) is 20.4. The van der Waals surface area contributed by atoms with Gasteiger partial charge in [-0.05, 0) is 49.1 Å². The molecule has 0 saturated carbocycles. The van der Waals surface area contributed by atoms with Crippen LogP contribution in [0.5, 0.6) is 11.5 Å². The molecule has 1 aliphatic rings. The zero-order chi connectivity index (χ0) is 23.7. The average Bonchev–Trinajstić information content (AvgIpc) is 3.44. The van der Waals surface area contributed by atoms with E-state index in [9.17, 15) is 9.59 Å². The number of hydrogen-bond donors (Lipinski definition) is 1. The molecule has 0 radical (unpaired) electrons. The van der Waals surface area contributed by atoms with E-state index in [1.807, 2.05) is 36.4 Å². The van der Waals surface area contributed by atoms with E-state index in [0.717, 1.165) is 29.7 Å². The van der Waals surface area contributed by atoms with Crippen LogP contribution in [0.3, 0.4) is 0 Å². The second-order valence-electron chi connectivity index (χ2n) is 7.84. The number of anilines is 1. The van der Waals surface area contributed by atoms with Crippen molar-refractivity contribution in [3.63, 3.8) is 0 Å². The largest absolute Gasteiger partial charge is 0.497 e. The highest BCUT2D eigenvalue weighted by molar-refractivity contribution is 7.99. The Morgan fingerprint density at radius 3 is 2.68 bits per heavy atom. The maximum atomic E-state index is 13.7. The first kappa shape index (κ1) is 22.5. The van der Waals surface area contributed by atoms with Gasteiger partial charge in [-0.15, -0.1) is 11.3 Å². The minimum atomic E-state index is -0.196. The van der Waals surface area contributed by atoms with E-state index >= 15 is 0 Å². The second kappa shape index (κ2) is 9.52. The van der Waals surface area contributed by atoms with Crippen molar-refractivity contribution in [1.82, 2.24) is 9.55 Å². The van der Waals surface area contributed by atoms with Crippen LogP contribution < -0.4 is 20.3 Å². The molecule has 0 atom stereocenters. The van der Waals surface area contributed by atoms with Crippen LogP contribution in [0.25, 0.3) is 15.9 Å². The highest BCUT2D eigenvalue weighted by atomic mass is 32.2. The SMILES string of the molecule is COc1cccc(NC(=O)CSc2nc3sc4c(c3c(=O)n2-c2cccc(OC)c2)CCC4)c1. The Balaban J connectivity index is 1.50. The number of aryl methyl sites for hydroxylation is 2. The lowest BCUT2D eigenvalue weighted by molar-refractivity contribution is -0.113. The Labute approximate surface area is 204 Å². The molecule has 1 N–H and O–H groups in total. The van der Waals surface area contributed by atoms with Crippen molar-refractivity contribution in [2.24, 2.45) is 0 Å². The van der Waals surface area contributed by atoms with Gasteiger partial charge in [0.25, 0.3) is 5.56 Å². The highest BCUT2D eigenvalue weighted by Gasteiger charge is 2.24. The summed E-state index contributed by atoms with van der Waals surface area (Å²) in [6.07, 6.45) is 2.96. The summed E-state index contributed by atoms with van der Waals surface area (Å²) in [5.74, 6) is 1.21. The zero-order valence-electron chi connectivity index (χ0n) is 18.8. The number of thioether (sulfide) groups is 1. The van der Waals surface area contributed by atoms with Crippen LogP contribution in [-0.2, 0) is 17.6 Å². The number of amides is 1. The third-order valence-corrected chi connectivity index (χ3v) is 7.83. The van der Waals surface area contributed by atoms with Crippen molar-refractivity contribution in [2.45, 2.75) is 24.4 Å². The fourth-order valence-electron chi connectivity index (χ4n) is 4.13. The van der Waals surface area contributed by atoms with Gasteiger partial charge in [0.2, 0.25) is 5.91 Å². The van der Waals surface area contributed by atoms with Gasteiger partial charge in [0.15, 0.2) is 5.16 Å². The van der Waals surface area contributed by atoms with Gasteiger partial charge in [-0.3, -0.25) is 14.2 Å². The second-order valence-corrected chi connectivity index (χ2v) is 9.87. The molecule has 0 aliphatic heterocycles. The molecule has 2 aromatic carbocycles. The van der Waals surface area contributed by atoms with Crippen LogP contribution in [0.15, 0.2) is 58.5 Å². The molecule has 5 rings (SSSR count). The predicted octanol–water partition coefficient (Wildman–Crippen LogP) is 4.68. The molecule has 174 valence electrons. The molecule has 7 nitrogen and oxygen atoms in total. The van der Waals surface area contributed by atoms with Crippen molar-refractivity contribution < 1.29 is 14.3 Å². The summed E-state index contributed by atoms with van der Waals surface area (Å²) in [5, 5.41) is 4.05. The lowest BCUT2D eigenvalue weighted by atomic mass is 10.2. The number of thiophene rings is 1. The quantitative estimate of drug-likeness (QED) is 0.297. The van der Waals surface area contributed by atoms with Gasteiger partial charge in [0.1, 0.15) is 16.3 Å². The number of carbonyl (C=O) groups excluding carboxylic acids is 1. The first-order valence-electron chi connectivity index (χ1n) is 10.9. The number of rotatable bonds is 7. The molecular weight excluding hydrogens is 470 g/mol. The topological polar surface area (TPSA) is 82.5 Å². The van der Waals surface area contributed by atoms with Crippen LogP contribution in [0.4, 0.5) is 5.69 Å². The molecule has 1 amide bonds. The van der Waals surface area contributed by atoms with Crippen molar-refractivity contribution in [3.05, 3.63) is 69.3 Å². The minimum absolute atomic E-state index is 0.101. The van der Waals surface area contributed by atoms with Crippen molar-refractivity contribution in [2.75, 3.05) is 25.3 Å². The molecule has 0 bridgehead atoms. The normalized spacial score (nSPS) is 12.5. The molecule has 2 aromatic heterocycles. The van der Waals surface area contributed by atoms with Crippen LogP contribution in [-0.4, -0.2) is 35.4 Å². The minimum Gasteiger partial charge on any atom is -0.497 e. The number of methoxy groups -OCH3 is 2. The molecule has 0 saturated heterocycles. The van der Waals surface area contributed by atoms with E-state index < -0.39 is 0 Å². The molecule has 1 aliphatic carbocycles. The molecule has 0 unspecified atom stereocenters. The third kappa shape index (κ3) is 4.28. The molecule has 0 fully saturated rings. The maximum absolute atomic E-state index is 13.7. The first-order valence-corrected chi connectivity index (χ1v) is 12.7. The van der Waals surface area contributed by atoms with Gasteiger partial charge < -0.3 is 14.8 Å². The molecule has 34 heavy (non-hydrogen) atoms. The number of nitrogens with zero attached hydrogens (tertiary/aromatic N) is 2. The average molecular weight is 494 g/mol. The smallest absolute Gasteiger partial charge is 0.267 e. The Hall–Kier alpha value is -3.30. The van der Waals surface area contributed by atoms with Gasteiger partial charge >= 0.3 is 0 Å². The Bertz CT molecular complexity index is 1440. The lowest BCUT2D eigenvalue weighted by Crippen LogP contribution is -2.23. The molecular formula is C25H23N3O4S2. The molecule has 2 heterocycles. The monoisotopic (exact) mass is 493 g/mol. The lowest BCUT2D eigenvalue weighted by Gasteiger charge is -2.13. The standard InChI is InChI=1S/C25H23N3O4S2/c1-31-17-8-3-6-15(12-17)26-21(29)14-33-25-27-23-22(19-10-5-11-20(19)34-23)24(30)28(25)16-7-4-9-18(13-16)32-2/h3-4,6-9,12-13H,5,10-11,14H2,1-2H3,(H,26,29). The van der Waals surface area contributed by atoms with Crippen LogP contribution in [0, 0.1) is 0 Å². The van der Waals surface area contributed by atoms with Crippen molar-refractivity contribution in [1.29, 1.82) is 0 Å². The van der Waals surface area contributed by atoms with E-state index in [1.54, 1.807) is 42.3 Å². The number of benzene rings is 2.